The third-order valence-electron chi connectivity index (χ3n) is 5.02. The van der Waals surface area contributed by atoms with Gasteiger partial charge in [0.25, 0.3) is 0 Å². The number of fused-ring (bicyclic) bond motifs is 1. The van der Waals surface area contributed by atoms with E-state index in [1.807, 2.05) is 0 Å². The number of aliphatic carboxylic acids is 1. The number of carbonyl (C=O) groups is 1. The molecule has 2 nitrogen and oxygen atoms in total. The van der Waals surface area contributed by atoms with Crippen LogP contribution in [0.25, 0.3) is 17.2 Å². The van der Waals surface area contributed by atoms with E-state index in [0.717, 1.165) is 24.3 Å². The summed E-state index contributed by atoms with van der Waals surface area (Å²) < 4.78 is 91.2. The van der Waals surface area contributed by atoms with E-state index >= 15 is 0 Å². The van der Waals surface area contributed by atoms with Crippen molar-refractivity contribution in [3.63, 3.8) is 0 Å². The molecule has 1 aliphatic rings. The van der Waals surface area contributed by atoms with Gasteiger partial charge >= 0.3 is 18.3 Å². The van der Waals surface area contributed by atoms with Crippen LogP contribution in [-0.4, -0.2) is 23.4 Å². The summed E-state index contributed by atoms with van der Waals surface area (Å²) in [6, 6.07) is 7.59. The molecule has 0 atom stereocenters. The number of carboxylic acid groups (broad SMARTS) is 1. The largest absolute Gasteiger partial charge is 0.481 e. The van der Waals surface area contributed by atoms with Gasteiger partial charge < -0.3 is 5.11 Å². The van der Waals surface area contributed by atoms with Crippen molar-refractivity contribution in [3.05, 3.63) is 76.1 Å². The fraction of sp³-hybridized carbons (Fsp3) is 0.227. The minimum absolute atomic E-state index is 0.313. The molecule has 0 spiro atoms. The van der Waals surface area contributed by atoms with E-state index in [1.54, 1.807) is 6.92 Å². The van der Waals surface area contributed by atoms with Gasteiger partial charge in [0.1, 0.15) is 5.82 Å². The van der Waals surface area contributed by atoms with E-state index in [4.69, 9.17) is 5.11 Å². The summed E-state index contributed by atoms with van der Waals surface area (Å²) in [4.78, 5) is 11.2. The quantitative estimate of drug-likeness (QED) is 0.525. The van der Waals surface area contributed by atoms with E-state index in [9.17, 15) is 35.5 Å². The molecule has 0 unspecified atom stereocenters. The number of hydrogen-bond donors (Lipinski definition) is 1. The Kier molecular flexibility index (Phi) is 5.73. The Labute approximate surface area is 172 Å². The first-order chi connectivity index (χ1) is 14.3. The van der Waals surface area contributed by atoms with Crippen molar-refractivity contribution in [1.82, 2.24) is 0 Å². The van der Waals surface area contributed by atoms with E-state index in [1.165, 1.54) is 24.3 Å². The van der Waals surface area contributed by atoms with E-state index in [2.05, 4.69) is 0 Å². The SMILES string of the molecule is CC1=C(CC(=O)O)c2cc(F)ccc2/C1=C\c1ccc(C(C(F)(F)F)C(F)(F)F)cc1. The van der Waals surface area contributed by atoms with Crippen LogP contribution in [0.15, 0.2) is 48.0 Å². The Hall–Kier alpha value is -3.10. The van der Waals surface area contributed by atoms with Crippen molar-refractivity contribution in [1.29, 1.82) is 0 Å². The summed E-state index contributed by atoms with van der Waals surface area (Å²) in [6.07, 6.45) is -9.83. The molecule has 9 heteroatoms. The molecular weight excluding hydrogens is 429 g/mol. The second-order valence-electron chi connectivity index (χ2n) is 7.10. The first kappa shape index (κ1) is 22.6. The predicted octanol–water partition coefficient (Wildman–Crippen LogP) is 6.84. The van der Waals surface area contributed by atoms with Crippen molar-refractivity contribution >= 4 is 23.2 Å². The number of allylic oxidation sites excluding steroid dienone is 2. The van der Waals surface area contributed by atoms with Gasteiger partial charge in [-0.05, 0) is 64.1 Å². The van der Waals surface area contributed by atoms with Gasteiger partial charge in [-0.1, -0.05) is 30.3 Å². The third kappa shape index (κ3) is 4.65. The molecule has 3 rings (SSSR count). The Morgan fingerprint density at radius 2 is 1.55 bits per heavy atom. The lowest BCUT2D eigenvalue weighted by molar-refractivity contribution is -0.253. The summed E-state index contributed by atoms with van der Waals surface area (Å²) in [5.41, 5.74) is 1.74. The molecule has 164 valence electrons. The highest BCUT2D eigenvalue weighted by atomic mass is 19.4. The monoisotopic (exact) mass is 444 g/mol. The second kappa shape index (κ2) is 7.86. The molecule has 2 aromatic rings. The third-order valence-corrected chi connectivity index (χ3v) is 5.02. The molecule has 0 amide bonds. The van der Waals surface area contributed by atoms with Crippen molar-refractivity contribution in [2.24, 2.45) is 0 Å². The Morgan fingerprint density at radius 3 is 2.06 bits per heavy atom. The number of hydrogen-bond acceptors (Lipinski definition) is 1. The summed E-state index contributed by atoms with van der Waals surface area (Å²) in [6.45, 7) is 1.62. The van der Waals surface area contributed by atoms with Gasteiger partial charge in [-0.3, -0.25) is 4.79 Å². The molecular formula is C22H15F7O2. The number of halogens is 7. The van der Waals surface area contributed by atoms with Crippen molar-refractivity contribution < 1.29 is 40.6 Å². The van der Waals surface area contributed by atoms with Crippen LogP contribution in [0, 0.1) is 5.82 Å². The van der Waals surface area contributed by atoms with Crippen LogP contribution in [0.1, 0.15) is 41.5 Å². The lowest BCUT2D eigenvalue weighted by Gasteiger charge is -2.23. The predicted molar refractivity (Wildman–Crippen MR) is 100 cm³/mol. The lowest BCUT2D eigenvalue weighted by Crippen LogP contribution is -2.34. The van der Waals surface area contributed by atoms with Crippen molar-refractivity contribution in [2.45, 2.75) is 31.6 Å². The molecule has 0 bridgehead atoms. The Morgan fingerprint density at radius 1 is 0.968 bits per heavy atom. The molecule has 0 radical (unpaired) electrons. The maximum atomic E-state index is 13.7. The normalized spacial score (nSPS) is 15.7. The first-order valence-electron chi connectivity index (χ1n) is 8.96. The summed E-state index contributed by atoms with van der Waals surface area (Å²) in [5, 5.41) is 9.15. The molecule has 0 aliphatic heterocycles. The molecule has 1 aliphatic carbocycles. The van der Waals surface area contributed by atoms with Crippen LogP contribution in [0.4, 0.5) is 30.7 Å². The van der Waals surface area contributed by atoms with Crippen LogP contribution in [0.2, 0.25) is 0 Å². The van der Waals surface area contributed by atoms with Crippen LogP contribution >= 0.6 is 0 Å². The van der Waals surface area contributed by atoms with E-state index in [-0.39, 0.29) is 6.42 Å². The van der Waals surface area contributed by atoms with E-state index in [0.29, 0.717) is 33.4 Å². The molecule has 0 saturated heterocycles. The smallest absolute Gasteiger partial charge is 0.404 e. The zero-order valence-corrected chi connectivity index (χ0v) is 15.9. The van der Waals surface area contributed by atoms with Gasteiger partial charge in [-0.25, -0.2) is 4.39 Å². The van der Waals surface area contributed by atoms with Crippen LogP contribution in [0.3, 0.4) is 0 Å². The highest BCUT2D eigenvalue weighted by molar-refractivity contribution is 6.07. The average molecular weight is 444 g/mol. The number of carboxylic acids is 1. The zero-order chi connectivity index (χ0) is 23.1. The summed E-state index contributed by atoms with van der Waals surface area (Å²) in [7, 11) is 0. The van der Waals surface area contributed by atoms with Gasteiger partial charge in [0, 0.05) is 0 Å². The molecule has 0 saturated carbocycles. The second-order valence-corrected chi connectivity index (χ2v) is 7.10. The molecule has 2 aromatic carbocycles. The zero-order valence-electron chi connectivity index (χ0n) is 15.9. The average Bonchev–Trinajstić information content (AvgIpc) is 2.85. The number of alkyl halides is 6. The summed E-state index contributed by atoms with van der Waals surface area (Å²) in [5.74, 6) is -5.29. The molecule has 0 fully saturated rings. The van der Waals surface area contributed by atoms with Gasteiger partial charge in [0.15, 0.2) is 5.92 Å². The lowest BCUT2D eigenvalue weighted by atomic mass is 9.95. The first-order valence-corrected chi connectivity index (χ1v) is 8.96. The minimum atomic E-state index is -5.49. The van der Waals surface area contributed by atoms with E-state index < -0.39 is 35.6 Å². The standard InChI is InChI=1S/C22H15F7O2/c1-11-16(15-7-6-14(23)9-18(15)17(11)10-19(30)31)8-12-2-4-13(5-3-12)20(21(24,25)26)22(27,28)29/h2-9,20H,10H2,1H3,(H,30,31)/b16-8-. The van der Waals surface area contributed by atoms with Gasteiger partial charge in [0.2, 0.25) is 0 Å². The molecule has 0 heterocycles. The fourth-order valence-corrected chi connectivity index (χ4v) is 3.65. The maximum absolute atomic E-state index is 13.7. The highest BCUT2D eigenvalue weighted by Crippen LogP contribution is 2.47. The fourth-order valence-electron chi connectivity index (χ4n) is 3.65. The minimum Gasteiger partial charge on any atom is -0.481 e. The number of rotatable bonds is 4. The van der Waals surface area contributed by atoms with Gasteiger partial charge in [-0.2, -0.15) is 26.3 Å². The van der Waals surface area contributed by atoms with Crippen molar-refractivity contribution in [3.8, 4) is 0 Å². The Bertz CT molecular complexity index is 1060. The molecule has 1 N–H and O–H groups in total. The Balaban J connectivity index is 2.04. The molecule has 31 heavy (non-hydrogen) atoms. The van der Waals surface area contributed by atoms with Crippen LogP contribution < -0.4 is 0 Å². The number of benzene rings is 2. The van der Waals surface area contributed by atoms with Crippen molar-refractivity contribution in [2.75, 3.05) is 0 Å². The van der Waals surface area contributed by atoms with Gasteiger partial charge in [-0.15, -0.1) is 0 Å². The highest BCUT2D eigenvalue weighted by Gasteiger charge is 2.57. The topological polar surface area (TPSA) is 37.3 Å². The van der Waals surface area contributed by atoms with Crippen LogP contribution in [-0.2, 0) is 4.79 Å². The molecule has 0 aromatic heterocycles. The van der Waals surface area contributed by atoms with Gasteiger partial charge in [0.05, 0.1) is 6.42 Å². The summed E-state index contributed by atoms with van der Waals surface area (Å²) >= 11 is 0. The maximum Gasteiger partial charge on any atom is 0.404 e. The van der Waals surface area contributed by atoms with Crippen LogP contribution in [0.5, 0.6) is 0 Å².